The molecule has 0 spiro atoms. The number of anilines is 1. The van der Waals surface area contributed by atoms with Crippen molar-refractivity contribution in [2.45, 2.75) is 6.54 Å². The minimum Gasteiger partial charge on any atom is -0.467 e. The summed E-state index contributed by atoms with van der Waals surface area (Å²) in [5.74, 6) is 0.410. The van der Waals surface area contributed by atoms with Gasteiger partial charge in [-0.3, -0.25) is 15.1 Å². The molecule has 5 heterocycles. The summed E-state index contributed by atoms with van der Waals surface area (Å²) >= 11 is 1.31. The number of furan rings is 1. The molecule has 35 heavy (non-hydrogen) atoms. The molecule has 1 N–H and O–H groups in total. The molecule has 0 aliphatic carbocycles. The van der Waals surface area contributed by atoms with Gasteiger partial charge in [0.25, 0.3) is 5.91 Å². The van der Waals surface area contributed by atoms with Crippen molar-refractivity contribution >= 4 is 33.4 Å². The van der Waals surface area contributed by atoms with Crippen LogP contribution in [0.5, 0.6) is 0 Å². The monoisotopic (exact) mass is 479 g/mol. The normalized spacial score (nSPS) is 11.1. The smallest absolute Gasteiger partial charge is 0.258 e. The molecule has 0 aliphatic rings. The number of nitrogens with zero attached hydrogens (tertiary/aromatic N) is 6. The van der Waals surface area contributed by atoms with Gasteiger partial charge < -0.3 is 4.42 Å². The lowest BCUT2D eigenvalue weighted by Gasteiger charge is -2.08. The van der Waals surface area contributed by atoms with E-state index in [1.54, 1.807) is 35.6 Å². The molecule has 0 saturated carbocycles. The summed E-state index contributed by atoms with van der Waals surface area (Å²) in [7, 11) is 0. The Morgan fingerprint density at radius 1 is 1.00 bits per heavy atom. The van der Waals surface area contributed by atoms with Gasteiger partial charge in [0.05, 0.1) is 29.1 Å². The molecule has 0 fully saturated rings. The Balaban J connectivity index is 1.39. The van der Waals surface area contributed by atoms with Gasteiger partial charge in [-0.2, -0.15) is 5.10 Å². The molecular weight excluding hydrogens is 462 g/mol. The van der Waals surface area contributed by atoms with Crippen LogP contribution in [0.25, 0.3) is 32.9 Å². The Labute approximate surface area is 203 Å². The van der Waals surface area contributed by atoms with E-state index in [-0.39, 0.29) is 5.91 Å². The number of benzene rings is 1. The quantitative estimate of drug-likeness (QED) is 0.361. The highest BCUT2D eigenvalue weighted by atomic mass is 32.1. The van der Waals surface area contributed by atoms with E-state index in [2.05, 4.69) is 25.6 Å². The molecule has 5 aromatic heterocycles. The van der Waals surface area contributed by atoms with Crippen LogP contribution in [0.4, 0.5) is 5.13 Å². The number of hydrogen-bond donors (Lipinski definition) is 1. The lowest BCUT2D eigenvalue weighted by Crippen LogP contribution is -2.13. The van der Waals surface area contributed by atoms with E-state index in [4.69, 9.17) is 9.40 Å². The Morgan fingerprint density at radius 2 is 1.89 bits per heavy atom. The van der Waals surface area contributed by atoms with Gasteiger partial charge in [0.15, 0.2) is 5.65 Å². The lowest BCUT2D eigenvalue weighted by atomic mass is 10.1. The Hall–Kier alpha value is -4.70. The van der Waals surface area contributed by atoms with Crippen LogP contribution in [0, 0.1) is 0 Å². The minimum absolute atomic E-state index is 0.323. The molecule has 6 rings (SSSR count). The summed E-state index contributed by atoms with van der Waals surface area (Å²) in [6.07, 6.45) is 6.65. The zero-order chi connectivity index (χ0) is 23.6. The summed E-state index contributed by atoms with van der Waals surface area (Å²) in [5, 5.41) is 17.5. The van der Waals surface area contributed by atoms with Crippen molar-refractivity contribution in [3.05, 3.63) is 96.8 Å². The van der Waals surface area contributed by atoms with Crippen LogP contribution in [-0.4, -0.2) is 35.9 Å². The highest BCUT2D eigenvalue weighted by Crippen LogP contribution is 2.29. The van der Waals surface area contributed by atoms with Gasteiger partial charge in [0.2, 0.25) is 5.13 Å². The van der Waals surface area contributed by atoms with Crippen molar-refractivity contribution in [2.24, 2.45) is 0 Å². The first kappa shape index (κ1) is 20.9. The first-order valence-corrected chi connectivity index (χ1v) is 11.6. The van der Waals surface area contributed by atoms with Crippen molar-refractivity contribution in [2.75, 3.05) is 5.32 Å². The number of nitrogens with one attached hydrogen (secondary N) is 1. The second kappa shape index (κ2) is 8.92. The Bertz CT molecular complexity index is 1610. The number of carbonyl (C=O) groups is 1. The average Bonchev–Trinajstić information content (AvgIpc) is 3.67. The van der Waals surface area contributed by atoms with Gasteiger partial charge in [-0.05, 0) is 30.3 Å². The van der Waals surface area contributed by atoms with Crippen LogP contribution >= 0.6 is 11.3 Å². The van der Waals surface area contributed by atoms with Crippen LogP contribution in [0.1, 0.15) is 16.1 Å². The largest absolute Gasteiger partial charge is 0.467 e. The predicted octanol–water partition coefficient (Wildman–Crippen LogP) is 4.91. The van der Waals surface area contributed by atoms with E-state index < -0.39 is 0 Å². The van der Waals surface area contributed by atoms with E-state index in [0.717, 1.165) is 21.9 Å². The fourth-order valence-corrected chi connectivity index (χ4v) is 4.44. The molecule has 1 aromatic carbocycles. The molecule has 0 aliphatic heterocycles. The number of pyridine rings is 2. The van der Waals surface area contributed by atoms with Gasteiger partial charge in [-0.1, -0.05) is 41.7 Å². The highest BCUT2D eigenvalue weighted by molar-refractivity contribution is 7.18. The zero-order valence-corrected chi connectivity index (χ0v) is 19.0. The summed E-state index contributed by atoms with van der Waals surface area (Å²) < 4.78 is 7.19. The Morgan fingerprint density at radius 3 is 2.69 bits per heavy atom. The maximum Gasteiger partial charge on any atom is 0.258 e. The number of amides is 1. The maximum absolute atomic E-state index is 13.4. The van der Waals surface area contributed by atoms with Crippen molar-refractivity contribution in [3.8, 4) is 21.8 Å². The Kier molecular flexibility index (Phi) is 5.32. The summed E-state index contributed by atoms with van der Waals surface area (Å²) in [6.45, 7) is 0.387. The predicted molar refractivity (Wildman–Crippen MR) is 132 cm³/mol. The van der Waals surface area contributed by atoms with E-state index >= 15 is 0 Å². The summed E-state index contributed by atoms with van der Waals surface area (Å²) in [5.41, 5.74) is 3.33. The topological polar surface area (TPSA) is 112 Å². The van der Waals surface area contributed by atoms with Crippen LogP contribution < -0.4 is 5.32 Å². The first-order valence-electron chi connectivity index (χ1n) is 10.7. The summed E-state index contributed by atoms with van der Waals surface area (Å²) in [4.78, 5) is 22.4. The lowest BCUT2D eigenvalue weighted by molar-refractivity contribution is 0.102. The zero-order valence-electron chi connectivity index (χ0n) is 18.2. The number of aromatic nitrogens is 6. The van der Waals surface area contributed by atoms with Crippen LogP contribution in [0.15, 0.2) is 89.9 Å². The second-order valence-corrected chi connectivity index (χ2v) is 8.63. The van der Waals surface area contributed by atoms with Crippen molar-refractivity contribution in [1.82, 2.24) is 29.9 Å². The van der Waals surface area contributed by atoms with Gasteiger partial charge >= 0.3 is 0 Å². The van der Waals surface area contributed by atoms with Gasteiger partial charge in [0.1, 0.15) is 17.3 Å². The van der Waals surface area contributed by atoms with Gasteiger partial charge in [0, 0.05) is 23.5 Å². The van der Waals surface area contributed by atoms with E-state index in [1.165, 1.54) is 11.3 Å². The third kappa shape index (κ3) is 4.18. The van der Waals surface area contributed by atoms with E-state index in [0.29, 0.717) is 34.0 Å². The standard InChI is InChI=1S/C25H17N7O2S/c33-23(29-25-31-30-24(35-25)16-6-2-1-3-7-16)19-12-21(17-8-4-10-26-13-17)28-22-20(19)14-27-32(22)15-18-9-5-11-34-18/h1-14H,15H2,(H,29,31,33). The molecule has 0 unspecified atom stereocenters. The van der Waals surface area contributed by atoms with Crippen LogP contribution in [-0.2, 0) is 6.54 Å². The minimum atomic E-state index is -0.323. The molecule has 0 saturated heterocycles. The molecule has 0 radical (unpaired) electrons. The number of hydrogen-bond acceptors (Lipinski definition) is 8. The van der Waals surface area contributed by atoms with Crippen LogP contribution in [0.2, 0.25) is 0 Å². The van der Waals surface area contributed by atoms with Gasteiger partial charge in [-0.25, -0.2) is 9.67 Å². The molecule has 9 nitrogen and oxygen atoms in total. The molecule has 0 atom stereocenters. The SMILES string of the molecule is O=C(Nc1nnc(-c2ccccc2)s1)c1cc(-c2cccnc2)nc2c1cnn2Cc1ccco1. The van der Waals surface area contributed by atoms with Crippen LogP contribution in [0.3, 0.4) is 0 Å². The van der Waals surface area contributed by atoms with Crippen molar-refractivity contribution in [3.63, 3.8) is 0 Å². The molecular formula is C25H17N7O2S. The fourth-order valence-electron chi connectivity index (χ4n) is 3.70. The number of fused-ring (bicyclic) bond motifs is 1. The third-order valence-corrected chi connectivity index (χ3v) is 6.25. The van der Waals surface area contributed by atoms with E-state index in [1.807, 2.05) is 54.6 Å². The van der Waals surface area contributed by atoms with Gasteiger partial charge in [-0.15, -0.1) is 10.2 Å². The second-order valence-electron chi connectivity index (χ2n) is 7.65. The van der Waals surface area contributed by atoms with Crippen molar-refractivity contribution in [1.29, 1.82) is 0 Å². The summed E-state index contributed by atoms with van der Waals surface area (Å²) in [6, 6.07) is 18.9. The van der Waals surface area contributed by atoms with Crippen molar-refractivity contribution < 1.29 is 9.21 Å². The van der Waals surface area contributed by atoms with E-state index in [9.17, 15) is 4.79 Å². The maximum atomic E-state index is 13.4. The highest BCUT2D eigenvalue weighted by Gasteiger charge is 2.20. The molecule has 1 amide bonds. The molecule has 10 heteroatoms. The molecule has 170 valence electrons. The average molecular weight is 480 g/mol. The first-order chi connectivity index (χ1) is 17.2. The molecule has 6 aromatic rings. The fraction of sp³-hybridized carbons (Fsp3) is 0.0400. The number of carbonyl (C=O) groups excluding carboxylic acids is 1. The number of rotatable bonds is 6. The molecule has 0 bridgehead atoms. The third-order valence-electron chi connectivity index (χ3n) is 5.36.